The molecule has 3 heterocycles. The van der Waals surface area contributed by atoms with E-state index in [0.29, 0.717) is 19.5 Å². The molecule has 7 nitrogen and oxygen atoms in total. The Kier molecular flexibility index (Phi) is 5.44. The maximum atomic E-state index is 13.7. The fraction of sp³-hybridized carbons (Fsp3) is 0.600. The Labute approximate surface area is 169 Å². The minimum atomic E-state index is -0.481. The second-order valence-corrected chi connectivity index (χ2v) is 8.84. The van der Waals surface area contributed by atoms with Crippen LogP contribution in [0.2, 0.25) is 0 Å². The molecule has 8 heteroatoms. The minimum Gasteiger partial charge on any atom is -0.354 e. The second-order valence-electron chi connectivity index (χ2n) is 7.65. The highest BCUT2D eigenvalue weighted by Crippen LogP contribution is 2.40. The molecule has 1 amide bonds. The first-order valence-corrected chi connectivity index (χ1v) is 11.2. The summed E-state index contributed by atoms with van der Waals surface area (Å²) in [6.07, 6.45) is 11.1. The van der Waals surface area contributed by atoms with E-state index >= 15 is 0 Å². The van der Waals surface area contributed by atoms with Gasteiger partial charge < -0.3 is 14.8 Å². The van der Waals surface area contributed by atoms with Crippen molar-refractivity contribution in [1.29, 1.82) is 5.26 Å². The molecule has 0 aromatic carbocycles. The lowest BCUT2D eigenvalue weighted by Gasteiger charge is -2.36. The van der Waals surface area contributed by atoms with Crippen LogP contribution in [0.4, 0.5) is 5.82 Å². The van der Waals surface area contributed by atoms with Gasteiger partial charge in [0.15, 0.2) is 0 Å². The Morgan fingerprint density at radius 3 is 3.04 bits per heavy atom. The topological polar surface area (TPSA) is 88.9 Å². The standard InChI is InChI=1S/C20H26N6OS/c1-28-20(19(27)26(11-4-9-21)15-5-2-3-6-15)8-12-25(13-20)18-16-7-10-22-17(16)23-14-24-18/h7,10,14-15H,2-6,8,11-13H2,1H3,(H,22,23,24). The third-order valence-electron chi connectivity index (χ3n) is 6.14. The number of carbonyl (C=O) groups excluding carboxylic acids is 1. The van der Waals surface area contributed by atoms with Crippen LogP contribution in [0.3, 0.4) is 0 Å². The molecule has 2 aromatic heterocycles. The number of aromatic nitrogens is 3. The van der Waals surface area contributed by atoms with Crippen molar-refractivity contribution in [3.05, 3.63) is 18.6 Å². The van der Waals surface area contributed by atoms with Crippen molar-refractivity contribution in [1.82, 2.24) is 19.9 Å². The SMILES string of the molecule is CSC1(C(=O)N(CCC#N)C2CCCC2)CCN(c2ncnc3[nH]ccc23)C1. The number of carbonyl (C=O) groups is 1. The molecule has 2 aromatic rings. The van der Waals surface area contributed by atoms with Gasteiger partial charge in [0.1, 0.15) is 22.5 Å². The summed E-state index contributed by atoms with van der Waals surface area (Å²) < 4.78 is -0.481. The zero-order valence-corrected chi connectivity index (χ0v) is 17.0. The number of nitriles is 1. The number of nitrogens with zero attached hydrogens (tertiary/aromatic N) is 5. The molecular formula is C20H26N6OS. The summed E-state index contributed by atoms with van der Waals surface area (Å²) in [6.45, 7) is 1.97. The van der Waals surface area contributed by atoms with Crippen molar-refractivity contribution < 1.29 is 4.79 Å². The molecule has 1 saturated carbocycles. The number of rotatable bonds is 6. The van der Waals surface area contributed by atoms with Gasteiger partial charge in [0, 0.05) is 31.9 Å². The third kappa shape index (κ3) is 3.32. The first-order chi connectivity index (χ1) is 13.7. The zero-order chi connectivity index (χ0) is 19.6. The molecule has 1 atom stereocenters. The molecule has 2 aliphatic rings. The molecule has 1 N–H and O–H groups in total. The fourth-order valence-electron chi connectivity index (χ4n) is 4.60. The summed E-state index contributed by atoms with van der Waals surface area (Å²) in [5, 5.41) is 10.1. The summed E-state index contributed by atoms with van der Waals surface area (Å²) in [4.78, 5) is 29.9. The van der Waals surface area contributed by atoms with E-state index < -0.39 is 4.75 Å². The Bertz CT molecular complexity index is 886. The first-order valence-electron chi connectivity index (χ1n) is 9.95. The van der Waals surface area contributed by atoms with Crippen LogP contribution < -0.4 is 4.90 Å². The lowest BCUT2D eigenvalue weighted by atomic mass is 10.0. The van der Waals surface area contributed by atoms with E-state index in [1.54, 1.807) is 18.1 Å². The number of H-pyrrole nitrogens is 1. The number of aromatic amines is 1. The summed E-state index contributed by atoms with van der Waals surface area (Å²) in [5.41, 5.74) is 0.819. The summed E-state index contributed by atoms with van der Waals surface area (Å²) in [7, 11) is 0. The summed E-state index contributed by atoms with van der Waals surface area (Å²) >= 11 is 1.65. The van der Waals surface area contributed by atoms with Crippen molar-refractivity contribution in [3.63, 3.8) is 0 Å². The van der Waals surface area contributed by atoms with Crippen molar-refractivity contribution in [2.75, 3.05) is 30.8 Å². The highest BCUT2D eigenvalue weighted by atomic mass is 32.2. The first kappa shape index (κ1) is 19.1. The second kappa shape index (κ2) is 8.00. The van der Waals surface area contributed by atoms with Gasteiger partial charge in [-0.05, 0) is 31.6 Å². The molecule has 148 valence electrons. The maximum Gasteiger partial charge on any atom is 0.240 e. The van der Waals surface area contributed by atoms with E-state index in [-0.39, 0.29) is 11.9 Å². The Balaban J connectivity index is 1.59. The Hall–Kier alpha value is -2.27. The van der Waals surface area contributed by atoms with E-state index in [4.69, 9.17) is 5.26 Å². The van der Waals surface area contributed by atoms with Crippen molar-refractivity contribution in [3.8, 4) is 6.07 Å². The number of hydrogen-bond donors (Lipinski definition) is 1. The van der Waals surface area contributed by atoms with E-state index in [1.807, 2.05) is 23.4 Å². The van der Waals surface area contributed by atoms with Gasteiger partial charge in [0.05, 0.1) is 17.9 Å². The molecule has 1 saturated heterocycles. The van der Waals surface area contributed by atoms with Crippen LogP contribution in [0.15, 0.2) is 18.6 Å². The van der Waals surface area contributed by atoms with E-state index in [0.717, 1.165) is 42.7 Å². The predicted molar refractivity (Wildman–Crippen MR) is 111 cm³/mol. The largest absolute Gasteiger partial charge is 0.354 e. The lowest BCUT2D eigenvalue weighted by Crippen LogP contribution is -2.52. The maximum absolute atomic E-state index is 13.7. The molecule has 0 radical (unpaired) electrons. The molecule has 0 spiro atoms. The number of amides is 1. The van der Waals surface area contributed by atoms with Crippen LogP contribution in [0.5, 0.6) is 0 Å². The van der Waals surface area contributed by atoms with Gasteiger partial charge in [-0.1, -0.05) is 12.8 Å². The Morgan fingerprint density at radius 1 is 1.46 bits per heavy atom. The van der Waals surface area contributed by atoms with Gasteiger partial charge in [-0.15, -0.1) is 11.8 Å². The Morgan fingerprint density at radius 2 is 2.29 bits per heavy atom. The van der Waals surface area contributed by atoms with Crippen molar-refractivity contribution in [2.45, 2.75) is 49.3 Å². The molecule has 0 bridgehead atoms. The summed E-state index contributed by atoms with van der Waals surface area (Å²) in [6, 6.07) is 4.49. The number of nitrogens with one attached hydrogen (secondary N) is 1. The lowest BCUT2D eigenvalue weighted by molar-refractivity contribution is -0.135. The smallest absolute Gasteiger partial charge is 0.240 e. The van der Waals surface area contributed by atoms with Crippen LogP contribution in [-0.4, -0.2) is 62.4 Å². The average molecular weight is 399 g/mol. The number of hydrogen-bond acceptors (Lipinski definition) is 6. The average Bonchev–Trinajstić information content (AvgIpc) is 3.48. The molecular weight excluding hydrogens is 372 g/mol. The monoisotopic (exact) mass is 398 g/mol. The van der Waals surface area contributed by atoms with Crippen LogP contribution in [0, 0.1) is 11.3 Å². The molecule has 1 aliphatic carbocycles. The fourth-order valence-corrected chi connectivity index (χ4v) is 5.47. The third-order valence-corrected chi connectivity index (χ3v) is 7.42. The van der Waals surface area contributed by atoms with Gasteiger partial charge in [-0.25, -0.2) is 9.97 Å². The quantitative estimate of drug-likeness (QED) is 0.805. The van der Waals surface area contributed by atoms with Gasteiger partial charge in [0.2, 0.25) is 5.91 Å². The van der Waals surface area contributed by atoms with Gasteiger partial charge in [-0.3, -0.25) is 4.79 Å². The van der Waals surface area contributed by atoms with Crippen LogP contribution in [-0.2, 0) is 4.79 Å². The molecule has 1 aliphatic heterocycles. The van der Waals surface area contributed by atoms with Crippen LogP contribution in [0.25, 0.3) is 11.0 Å². The molecule has 1 unspecified atom stereocenters. The van der Waals surface area contributed by atoms with Crippen LogP contribution in [0.1, 0.15) is 38.5 Å². The number of anilines is 1. The van der Waals surface area contributed by atoms with Crippen LogP contribution >= 0.6 is 11.8 Å². The zero-order valence-electron chi connectivity index (χ0n) is 16.2. The predicted octanol–water partition coefficient (Wildman–Crippen LogP) is 2.95. The van der Waals surface area contributed by atoms with Crippen molar-refractivity contribution in [2.24, 2.45) is 0 Å². The molecule has 28 heavy (non-hydrogen) atoms. The minimum absolute atomic E-state index is 0.198. The highest BCUT2D eigenvalue weighted by molar-refractivity contribution is 8.00. The van der Waals surface area contributed by atoms with E-state index in [2.05, 4.69) is 25.9 Å². The summed E-state index contributed by atoms with van der Waals surface area (Å²) in [5.74, 6) is 1.09. The molecule has 2 fully saturated rings. The van der Waals surface area contributed by atoms with E-state index in [1.165, 1.54) is 12.8 Å². The highest BCUT2D eigenvalue weighted by Gasteiger charge is 2.48. The van der Waals surface area contributed by atoms with Gasteiger partial charge in [-0.2, -0.15) is 5.26 Å². The number of fused-ring (bicyclic) bond motifs is 1. The van der Waals surface area contributed by atoms with Gasteiger partial charge in [0.25, 0.3) is 0 Å². The number of thioether (sulfide) groups is 1. The molecule has 4 rings (SSSR count). The van der Waals surface area contributed by atoms with E-state index in [9.17, 15) is 4.79 Å². The normalized spacial score (nSPS) is 22.6. The van der Waals surface area contributed by atoms with Gasteiger partial charge >= 0.3 is 0 Å². The van der Waals surface area contributed by atoms with Crippen molar-refractivity contribution >= 4 is 34.5 Å².